The summed E-state index contributed by atoms with van der Waals surface area (Å²) in [6, 6.07) is 9.40. The van der Waals surface area contributed by atoms with Gasteiger partial charge in [-0.15, -0.1) is 10.2 Å². The van der Waals surface area contributed by atoms with Gasteiger partial charge in [-0.3, -0.25) is 4.79 Å². The van der Waals surface area contributed by atoms with Crippen LogP contribution >= 0.6 is 0 Å². The topological polar surface area (TPSA) is 200 Å². The molecule has 0 radical (unpaired) electrons. The molecule has 2 aliphatic rings. The first-order valence-corrected chi connectivity index (χ1v) is 18.9. The summed E-state index contributed by atoms with van der Waals surface area (Å²) in [5, 5.41) is 14.5. The molecule has 2 aromatic heterocycles. The van der Waals surface area contributed by atoms with E-state index in [1.54, 1.807) is 45.0 Å². The van der Waals surface area contributed by atoms with Gasteiger partial charge in [0.05, 0.1) is 42.5 Å². The molecule has 2 aliphatic heterocycles. The number of halogens is 2. The molecule has 19 heteroatoms. The Morgan fingerprint density at radius 3 is 2.36 bits per heavy atom. The van der Waals surface area contributed by atoms with Crippen LogP contribution in [-0.4, -0.2) is 95.3 Å². The zero-order chi connectivity index (χ0) is 40.1. The number of amides is 3. The van der Waals surface area contributed by atoms with E-state index in [0.717, 1.165) is 12.0 Å². The van der Waals surface area contributed by atoms with Gasteiger partial charge in [-0.1, -0.05) is 50.2 Å². The van der Waals surface area contributed by atoms with Gasteiger partial charge in [0.15, 0.2) is 9.84 Å². The fourth-order valence-corrected chi connectivity index (χ4v) is 7.77. The van der Waals surface area contributed by atoms with E-state index in [0.29, 0.717) is 22.8 Å². The van der Waals surface area contributed by atoms with Gasteiger partial charge in [0.25, 0.3) is 11.8 Å². The number of alkyl halides is 2. The average Bonchev–Trinajstić information content (AvgIpc) is 3.78. The fraction of sp³-hybridized carbons (Fsp3) is 0.472. The number of carbonyl (C=O) groups is 3. The number of nitrogens with one attached hydrogen (secondary N) is 1. The number of alkyl carbamates (subject to hydrolysis) is 1. The Hall–Kier alpha value is -5.46. The second kappa shape index (κ2) is 14.3. The molecule has 0 spiro atoms. The second-order valence-corrected chi connectivity index (χ2v) is 17.5. The van der Waals surface area contributed by atoms with Crippen LogP contribution in [0, 0.1) is 0 Å². The molecular formula is C36H41F2N7O9S. The standard InChI is InChI=1S/C36H41F2N7O9S/c1-34(2,3)31-40-27(43-54-31)21-10-8-20(9-11-21)16-45-25-14-22(28-41-42-29(52-28)23-15-36(37,38)19-44(17-23)33(48)51-7)12-13-26(25)55(49,50)18-24(30(45)46)39-32(47)53-35(4,5)6/h8-14,23-24H,15-19H2,1-7H3,(H,39,47)/t23?,24-/m0/s1. The van der Waals surface area contributed by atoms with Crippen LogP contribution in [0.2, 0.25) is 0 Å². The number of rotatable bonds is 6. The van der Waals surface area contributed by atoms with Crippen molar-refractivity contribution in [2.75, 3.05) is 30.9 Å². The minimum Gasteiger partial charge on any atom is -0.453 e. The number of hydrogen-bond acceptors (Lipinski definition) is 13. The normalized spacial score (nSPS) is 19.7. The van der Waals surface area contributed by atoms with Gasteiger partial charge in [0.1, 0.15) is 11.6 Å². The summed E-state index contributed by atoms with van der Waals surface area (Å²) >= 11 is 0. The van der Waals surface area contributed by atoms with Crippen molar-refractivity contribution in [3.63, 3.8) is 0 Å². The van der Waals surface area contributed by atoms with E-state index in [1.165, 1.54) is 23.1 Å². The number of likely N-dealkylation sites (tertiary alicyclic amines) is 1. The lowest BCUT2D eigenvalue weighted by molar-refractivity contribution is -0.120. The molecule has 16 nitrogen and oxygen atoms in total. The van der Waals surface area contributed by atoms with Gasteiger partial charge in [-0.25, -0.2) is 26.8 Å². The number of anilines is 1. The number of nitrogens with zero attached hydrogens (tertiary/aromatic N) is 6. The molecule has 2 aromatic carbocycles. The minimum absolute atomic E-state index is 0.0473. The first kappa shape index (κ1) is 39.2. The van der Waals surface area contributed by atoms with Gasteiger partial charge in [0.2, 0.25) is 23.5 Å². The number of sulfone groups is 1. The zero-order valence-electron chi connectivity index (χ0n) is 31.3. The molecule has 1 N–H and O–H groups in total. The number of fused-ring (bicyclic) bond motifs is 1. The molecule has 3 amide bonds. The van der Waals surface area contributed by atoms with Crippen molar-refractivity contribution in [2.45, 2.75) is 88.3 Å². The quantitative estimate of drug-likeness (QED) is 0.258. The van der Waals surface area contributed by atoms with Crippen molar-refractivity contribution in [3.05, 3.63) is 59.8 Å². The van der Waals surface area contributed by atoms with E-state index in [-0.39, 0.29) is 46.4 Å². The molecule has 0 saturated carbocycles. The van der Waals surface area contributed by atoms with Gasteiger partial charge in [-0.2, -0.15) is 4.98 Å². The van der Waals surface area contributed by atoms with E-state index in [4.69, 9.17) is 13.7 Å². The van der Waals surface area contributed by atoms with Gasteiger partial charge in [0, 0.05) is 29.5 Å². The lowest BCUT2D eigenvalue weighted by Crippen LogP contribution is -2.51. The number of ether oxygens (including phenoxy) is 2. The number of carbonyl (C=O) groups excluding carboxylic acids is 3. The third kappa shape index (κ3) is 8.76. The molecule has 0 aliphatic carbocycles. The number of piperidine rings is 1. The molecule has 4 aromatic rings. The first-order chi connectivity index (χ1) is 25.6. The molecule has 6 rings (SSSR count). The van der Waals surface area contributed by atoms with Crippen LogP contribution in [0.1, 0.15) is 71.2 Å². The largest absolute Gasteiger partial charge is 0.453 e. The Bertz CT molecular complexity index is 2210. The predicted molar refractivity (Wildman–Crippen MR) is 191 cm³/mol. The third-order valence-corrected chi connectivity index (χ3v) is 10.5. The second-order valence-electron chi connectivity index (χ2n) is 15.5. The van der Waals surface area contributed by atoms with Crippen LogP contribution in [0.25, 0.3) is 22.8 Å². The van der Waals surface area contributed by atoms with Crippen molar-refractivity contribution in [2.24, 2.45) is 0 Å². The molecule has 1 fully saturated rings. The molecule has 55 heavy (non-hydrogen) atoms. The summed E-state index contributed by atoms with van der Waals surface area (Å²) in [6.07, 6.45) is -2.58. The lowest BCUT2D eigenvalue weighted by Gasteiger charge is -2.35. The highest BCUT2D eigenvalue weighted by atomic mass is 32.2. The summed E-state index contributed by atoms with van der Waals surface area (Å²) in [7, 11) is -3.14. The molecule has 1 saturated heterocycles. The van der Waals surface area contributed by atoms with Crippen molar-refractivity contribution >= 4 is 33.6 Å². The first-order valence-electron chi connectivity index (χ1n) is 17.3. The van der Waals surface area contributed by atoms with Gasteiger partial charge < -0.3 is 33.5 Å². The van der Waals surface area contributed by atoms with Crippen LogP contribution in [0.5, 0.6) is 0 Å². The summed E-state index contributed by atoms with van der Waals surface area (Å²) in [4.78, 5) is 45.6. The molecular weight excluding hydrogens is 744 g/mol. The van der Waals surface area contributed by atoms with Gasteiger partial charge >= 0.3 is 12.2 Å². The molecule has 294 valence electrons. The highest BCUT2D eigenvalue weighted by molar-refractivity contribution is 7.91. The molecule has 1 unspecified atom stereocenters. The van der Waals surface area contributed by atoms with E-state index < -0.39 is 70.1 Å². The van der Waals surface area contributed by atoms with Crippen LogP contribution in [0.3, 0.4) is 0 Å². The van der Waals surface area contributed by atoms with Crippen LogP contribution in [-0.2, 0) is 36.1 Å². The van der Waals surface area contributed by atoms with Crippen molar-refractivity contribution in [1.82, 2.24) is 30.6 Å². The third-order valence-electron chi connectivity index (χ3n) is 8.72. The minimum atomic E-state index is -4.23. The Morgan fingerprint density at radius 2 is 1.73 bits per heavy atom. The summed E-state index contributed by atoms with van der Waals surface area (Å²) in [5.74, 6) is -5.30. The van der Waals surface area contributed by atoms with Crippen LogP contribution in [0.15, 0.2) is 56.3 Å². The monoisotopic (exact) mass is 785 g/mol. The Morgan fingerprint density at radius 1 is 1.04 bits per heavy atom. The summed E-state index contributed by atoms with van der Waals surface area (Å²) in [6.45, 7) is 9.56. The Balaban J connectivity index is 1.36. The van der Waals surface area contributed by atoms with Crippen molar-refractivity contribution in [1.29, 1.82) is 0 Å². The number of methoxy groups -OCH3 is 1. The number of hydrogen-bond donors (Lipinski definition) is 1. The van der Waals surface area contributed by atoms with Gasteiger partial charge in [-0.05, 0) is 44.5 Å². The average molecular weight is 786 g/mol. The number of benzene rings is 2. The zero-order valence-corrected chi connectivity index (χ0v) is 32.1. The Kier molecular flexibility index (Phi) is 10.2. The maximum absolute atomic E-state index is 14.6. The van der Waals surface area contributed by atoms with E-state index in [1.807, 2.05) is 20.8 Å². The Labute approximate surface area is 315 Å². The fourth-order valence-electron chi connectivity index (χ4n) is 6.16. The predicted octanol–water partition coefficient (Wildman–Crippen LogP) is 5.49. The summed E-state index contributed by atoms with van der Waals surface area (Å²) < 4.78 is 78.2. The molecule has 4 heterocycles. The maximum Gasteiger partial charge on any atom is 0.409 e. The SMILES string of the molecule is COC(=O)N1CC(c2nnc(-c3ccc4c(c3)N(Cc3ccc(-c5noc(C(C)(C)C)n5)cc3)C(=O)[C@@H](NC(=O)OC(C)(C)C)CS4(=O)=O)o2)CC(F)(F)C1. The lowest BCUT2D eigenvalue weighted by atomic mass is 9.95. The smallest absolute Gasteiger partial charge is 0.409 e. The van der Waals surface area contributed by atoms with E-state index in [2.05, 4.69) is 30.4 Å². The number of aromatic nitrogens is 4. The molecule has 2 atom stereocenters. The summed E-state index contributed by atoms with van der Waals surface area (Å²) in [5.41, 5.74) is 0.0475. The van der Waals surface area contributed by atoms with E-state index >= 15 is 0 Å². The maximum atomic E-state index is 14.6. The van der Waals surface area contributed by atoms with Crippen molar-refractivity contribution in [3.8, 4) is 22.8 Å². The highest BCUT2D eigenvalue weighted by Gasteiger charge is 2.45. The van der Waals surface area contributed by atoms with Crippen LogP contribution in [0.4, 0.5) is 24.1 Å². The molecule has 0 bridgehead atoms. The van der Waals surface area contributed by atoms with E-state index in [9.17, 15) is 31.6 Å². The highest BCUT2D eigenvalue weighted by Crippen LogP contribution is 2.39. The van der Waals surface area contributed by atoms with Crippen LogP contribution < -0.4 is 10.2 Å². The van der Waals surface area contributed by atoms with Crippen molar-refractivity contribution < 1.29 is 50.0 Å².